The first kappa shape index (κ1) is 13.4. The van der Waals surface area contributed by atoms with Crippen molar-refractivity contribution in [2.24, 2.45) is 5.73 Å². The molecule has 0 aliphatic rings. The molecule has 0 fully saturated rings. The van der Waals surface area contributed by atoms with Crippen LogP contribution in [0, 0.1) is 0 Å². The van der Waals surface area contributed by atoms with Crippen LogP contribution in [0.5, 0.6) is 0 Å². The van der Waals surface area contributed by atoms with Gasteiger partial charge in [-0.2, -0.15) is 0 Å². The van der Waals surface area contributed by atoms with E-state index in [0.29, 0.717) is 33.0 Å². The smallest absolute Gasteiger partial charge is 0.0701 e. The van der Waals surface area contributed by atoms with Crippen LogP contribution in [0.15, 0.2) is 0 Å². The molecular formula is C6H18N2O3. The first-order chi connectivity index (χ1) is 4.91. The fourth-order valence-electron chi connectivity index (χ4n) is 0.470. The van der Waals surface area contributed by atoms with Crippen molar-refractivity contribution in [1.29, 1.82) is 0 Å². The van der Waals surface area contributed by atoms with E-state index in [2.05, 4.69) is 0 Å². The molecule has 0 heterocycles. The summed E-state index contributed by atoms with van der Waals surface area (Å²) < 4.78 is 9.91. The molecule has 0 aliphatic heterocycles. The maximum Gasteiger partial charge on any atom is 0.0701 e. The molecule has 0 aliphatic carbocycles. The quantitative estimate of drug-likeness (QED) is 0.427. The third-order valence-corrected chi connectivity index (χ3v) is 0.870. The highest BCUT2D eigenvalue weighted by Gasteiger charge is 1.86. The molecule has 6 N–H and O–H groups in total. The Labute approximate surface area is 67.1 Å². The van der Waals surface area contributed by atoms with Gasteiger partial charge in [0.1, 0.15) is 0 Å². The summed E-state index contributed by atoms with van der Waals surface area (Å²) in [6.07, 6.45) is 0. The van der Waals surface area contributed by atoms with Crippen molar-refractivity contribution >= 4 is 0 Å². The molecule has 11 heavy (non-hydrogen) atoms. The van der Waals surface area contributed by atoms with E-state index in [0.717, 1.165) is 0 Å². The highest BCUT2D eigenvalue weighted by atomic mass is 16.5. The molecule has 0 saturated heterocycles. The summed E-state index contributed by atoms with van der Waals surface area (Å²) in [7, 11) is 0. The topological polar surface area (TPSA) is 99.7 Å². The Balaban J connectivity index is 0. The van der Waals surface area contributed by atoms with Crippen molar-refractivity contribution in [1.82, 2.24) is 6.15 Å². The minimum atomic E-state index is 0. The van der Waals surface area contributed by atoms with Gasteiger partial charge in [-0.15, -0.1) is 0 Å². The highest BCUT2D eigenvalue weighted by molar-refractivity contribution is 4.32. The van der Waals surface area contributed by atoms with E-state index in [1.807, 2.05) is 0 Å². The lowest BCUT2D eigenvalue weighted by Gasteiger charge is -2.02. The Morgan fingerprint density at radius 2 is 1.55 bits per heavy atom. The Kier molecular flexibility index (Phi) is 15.2. The summed E-state index contributed by atoms with van der Waals surface area (Å²) in [6.45, 7) is 2.64. The minimum absolute atomic E-state index is 0. The van der Waals surface area contributed by atoms with Crippen LogP contribution in [-0.2, 0) is 9.47 Å². The molecule has 0 saturated carbocycles. The summed E-state index contributed by atoms with van der Waals surface area (Å²) in [5.74, 6) is 0. The van der Waals surface area contributed by atoms with Gasteiger partial charge in [-0.3, -0.25) is 0 Å². The van der Waals surface area contributed by atoms with E-state index >= 15 is 0 Å². The first-order valence-corrected chi connectivity index (χ1v) is 3.38. The van der Waals surface area contributed by atoms with Crippen LogP contribution in [0.25, 0.3) is 0 Å². The molecule has 0 atom stereocenters. The molecule has 0 aromatic rings. The zero-order valence-corrected chi connectivity index (χ0v) is 6.79. The van der Waals surface area contributed by atoms with Crippen LogP contribution >= 0.6 is 0 Å². The van der Waals surface area contributed by atoms with E-state index in [-0.39, 0.29) is 12.8 Å². The fraction of sp³-hybridized carbons (Fsp3) is 1.00. The molecule has 0 spiro atoms. The van der Waals surface area contributed by atoms with Gasteiger partial charge in [-0.25, -0.2) is 0 Å². The van der Waals surface area contributed by atoms with Crippen molar-refractivity contribution in [2.45, 2.75) is 0 Å². The molecule has 0 unspecified atom stereocenters. The van der Waals surface area contributed by atoms with Crippen molar-refractivity contribution in [3.63, 3.8) is 0 Å². The molecule has 0 aromatic heterocycles. The zero-order valence-electron chi connectivity index (χ0n) is 6.79. The van der Waals surface area contributed by atoms with Gasteiger partial charge in [0.05, 0.1) is 33.0 Å². The molecular weight excluding hydrogens is 148 g/mol. The normalized spacial score (nSPS) is 9.27. The monoisotopic (exact) mass is 166 g/mol. The van der Waals surface area contributed by atoms with E-state index in [1.54, 1.807) is 0 Å². The summed E-state index contributed by atoms with van der Waals surface area (Å²) in [4.78, 5) is 0. The summed E-state index contributed by atoms with van der Waals surface area (Å²) in [5.41, 5.74) is 5.16. The van der Waals surface area contributed by atoms with Crippen LogP contribution in [0.2, 0.25) is 0 Å². The second-order valence-electron chi connectivity index (χ2n) is 1.74. The largest absolute Gasteiger partial charge is 0.394 e. The van der Waals surface area contributed by atoms with Gasteiger partial charge in [0, 0.05) is 6.54 Å². The van der Waals surface area contributed by atoms with Crippen molar-refractivity contribution in [3.8, 4) is 0 Å². The molecule has 0 rings (SSSR count). The lowest BCUT2D eigenvalue weighted by Crippen LogP contribution is -2.12. The van der Waals surface area contributed by atoms with Crippen LogP contribution in [0.3, 0.4) is 0 Å². The first-order valence-electron chi connectivity index (χ1n) is 3.38. The lowest BCUT2D eigenvalue weighted by atomic mass is 10.7. The van der Waals surface area contributed by atoms with Gasteiger partial charge in [-0.1, -0.05) is 0 Å². The number of hydrogen-bond acceptors (Lipinski definition) is 5. The number of hydrogen-bond donors (Lipinski definition) is 3. The van der Waals surface area contributed by atoms with Crippen molar-refractivity contribution in [3.05, 3.63) is 0 Å². The van der Waals surface area contributed by atoms with E-state index < -0.39 is 0 Å². The molecule has 70 valence electrons. The SMILES string of the molecule is N.NCCOCCOCCO. The summed E-state index contributed by atoms with van der Waals surface area (Å²) in [5, 5.41) is 8.28. The van der Waals surface area contributed by atoms with Gasteiger partial charge in [-0.05, 0) is 0 Å². The highest BCUT2D eigenvalue weighted by Crippen LogP contribution is 1.76. The Hall–Kier alpha value is -0.200. The van der Waals surface area contributed by atoms with Crippen LogP contribution < -0.4 is 11.9 Å². The number of ether oxygens (including phenoxy) is 2. The zero-order chi connectivity index (χ0) is 7.66. The Morgan fingerprint density at radius 1 is 1.00 bits per heavy atom. The maximum atomic E-state index is 8.28. The predicted molar refractivity (Wildman–Crippen MR) is 42.8 cm³/mol. The van der Waals surface area contributed by atoms with Gasteiger partial charge < -0.3 is 26.5 Å². The second-order valence-corrected chi connectivity index (χ2v) is 1.74. The number of nitrogens with two attached hydrogens (primary N) is 1. The molecule has 0 radical (unpaired) electrons. The Morgan fingerprint density at radius 3 is 2.00 bits per heavy atom. The van der Waals surface area contributed by atoms with E-state index in [9.17, 15) is 0 Å². The lowest BCUT2D eigenvalue weighted by molar-refractivity contribution is 0.0354. The standard InChI is InChI=1S/C6H15NO3.H3N/c7-1-3-9-5-6-10-4-2-8;/h8H,1-7H2;1H3. The Bertz CT molecular complexity index is 55.8. The summed E-state index contributed by atoms with van der Waals surface area (Å²) >= 11 is 0. The van der Waals surface area contributed by atoms with Crippen LogP contribution in [0.4, 0.5) is 0 Å². The van der Waals surface area contributed by atoms with Crippen molar-refractivity contribution in [2.75, 3.05) is 39.6 Å². The third-order valence-electron chi connectivity index (χ3n) is 0.870. The molecule has 5 heteroatoms. The van der Waals surface area contributed by atoms with E-state index in [4.69, 9.17) is 20.3 Å². The number of aliphatic hydroxyl groups excluding tert-OH is 1. The van der Waals surface area contributed by atoms with Gasteiger partial charge in [0.15, 0.2) is 0 Å². The van der Waals surface area contributed by atoms with Gasteiger partial charge in [0.25, 0.3) is 0 Å². The fourth-order valence-corrected chi connectivity index (χ4v) is 0.470. The number of aliphatic hydroxyl groups is 1. The maximum absolute atomic E-state index is 8.28. The second kappa shape index (κ2) is 12.5. The minimum Gasteiger partial charge on any atom is -0.394 e. The number of rotatable bonds is 7. The van der Waals surface area contributed by atoms with Crippen LogP contribution in [-0.4, -0.2) is 44.7 Å². The molecule has 0 bridgehead atoms. The average molecular weight is 166 g/mol. The van der Waals surface area contributed by atoms with Gasteiger partial charge >= 0.3 is 0 Å². The predicted octanol–water partition coefficient (Wildman–Crippen LogP) is -0.867. The van der Waals surface area contributed by atoms with Gasteiger partial charge in [0.2, 0.25) is 0 Å². The average Bonchev–Trinajstić information content (AvgIpc) is 1.97. The van der Waals surface area contributed by atoms with E-state index in [1.165, 1.54) is 0 Å². The third kappa shape index (κ3) is 12.9. The van der Waals surface area contributed by atoms with Crippen LogP contribution in [0.1, 0.15) is 0 Å². The molecule has 5 nitrogen and oxygen atoms in total. The molecule has 0 aromatic carbocycles. The molecule has 0 amide bonds. The van der Waals surface area contributed by atoms with Crippen molar-refractivity contribution < 1.29 is 14.6 Å². The summed E-state index contributed by atoms with van der Waals surface area (Å²) in [6, 6.07) is 0.